The number of hydrogen-bond acceptors (Lipinski definition) is 2. The van der Waals surface area contributed by atoms with Crippen LogP contribution in [0.3, 0.4) is 0 Å². The van der Waals surface area contributed by atoms with Crippen molar-refractivity contribution in [1.29, 1.82) is 0 Å². The molecule has 0 saturated carbocycles. The Balaban J connectivity index is 2.50. The number of methoxy groups -OCH3 is 1. The lowest BCUT2D eigenvalue weighted by molar-refractivity contribution is -0.139. The van der Waals surface area contributed by atoms with E-state index >= 15 is 0 Å². The molecule has 0 aliphatic heterocycles. The van der Waals surface area contributed by atoms with Gasteiger partial charge in [-0.15, -0.1) is 0 Å². The molecule has 0 saturated heterocycles. The van der Waals surface area contributed by atoms with E-state index in [1.807, 2.05) is 0 Å². The van der Waals surface area contributed by atoms with Crippen molar-refractivity contribution in [3.05, 3.63) is 63.6 Å². The van der Waals surface area contributed by atoms with Crippen molar-refractivity contribution in [3.8, 4) is 5.75 Å². The third-order valence-electron chi connectivity index (χ3n) is 3.02. The summed E-state index contributed by atoms with van der Waals surface area (Å²) >= 11 is 3.02. The highest BCUT2D eigenvalue weighted by Crippen LogP contribution is 2.38. The van der Waals surface area contributed by atoms with Crippen molar-refractivity contribution < 1.29 is 23.0 Å². The van der Waals surface area contributed by atoms with Crippen LogP contribution in [0.1, 0.15) is 22.8 Å². The minimum absolute atomic E-state index is 0.195. The van der Waals surface area contributed by atoms with Crippen LogP contribution in [0.15, 0.2) is 46.9 Å². The predicted octanol–water partition coefficient (Wildman–Crippen LogP) is 4.56. The van der Waals surface area contributed by atoms with Gasteiger partial charge in [-0.3, -0.25) is 0 Å². The summed E-state index contributed by atoms with van der Waals surface area (Å²) in [6.45, 7) is 0. The van der Waals surface area contributed by atoms with Crippen LogP contribution in [0.25, 0.3) is 0 Å². The van der Waals surface area contributed by atoms with E-state index in [2.05, 4.69) is 15.9 Å². The summed E-state index contributed by atoms with van der Waals surface area (Å²) in [7, 11) is 1.45. The van der Waals surface area contributed by atoms with Gasteiger partial charge in [-0.1, -0.05) is 34.1 Å². The maximum Gasteiger partial charge on any atom is 0.416 e. The Morgan fingerprint density at radius 2 is 1.86 bits per heavy atom. The average Bonchev–Trinajstić information content (AvgIpc) is 2.45. The molecule has 2 aromatic rings. The Kier molecular flexibility index (Phi) is 4.58. The smallest absolute Gasteiger partial charge is 0.416 e. The quantitative estimate of drug-likeness (QED) is 0.869. The van der Waals surface area contributed by atoms with E-state index in [0.717, 1.165) is 6.07 Å². The molecule has 1 atom stereocenters. The van der Waals surface area contributed by atoms with E-state index in [-0.39, 0.29) is 5.56 Å². The molecular formula is C15H12BrF3O2. The number of benzene rings is 2. The van der Waals surface area contributed by atoms with E-state index in [4.69, 9.17) is 4.74 Å². The van der Waals surface area contributed by atoms with E-state index in [1.165, 1.54) is 25.3 Å². The van der Waals surface area contributed by atoms with Gasteiger partial charge in [0, 0.05) is 4.47 Å². The number of halogens is 4. The summed E-state index contributed by atoms with van der Waals surface area (Å²) in [5.74, 6) is 0.470. The second-order valence-electron chi connectivity index (χ2n) is 4.41. The zero-order chi connectivity index (χ0) is 15.6. The van der Waals surface area contributed by atoms with Gasteiger partial charge in [0.25, 0.3) is 0 Å². The molecule has 0 bridgehead atoms. The second kappa shape index (κ2) is 6.07. The Morgan fingerprint density at radius 3 is 2.48 bits per heavy atom. The van der Waals surface area contributed by atoms with Crippen molar-refractivity contribution in [3.63, 3.8) is 0 Å². The van der Waals surface area contributed by atoms with Gasteiger partial charge in [0.15, 0.2) is 0 Å². The maximum absolute atomic E-state index is 13.1. The monoisotopic (exact) mass is 360 g/mol. The van der Waals surface area contributed by atoms with Crippen LogP contribution < -0.4 is 4.74 Å². The van der Waals surface area contributed by atoms with Gasteiger partial charge in [-0.05, 0) is 35.4 Å². The molecule has 1 unspecified atom stereocenters. The molecule has 0 spiro atoms. The minimum Gasteiger partial charge on any atom is -0.497 e. The first-order valence-corrected chi connectivity index (χ1v) is 6.81. The van der Waals surface area contributed by atoms with Gasteiger partial charge in [-0.2, -0.15) is 13.2 Å². The normalized spacial score (nSPS) is 13.0. The zero-order valence-corrected chi connectivity index (χ0v) is 12.6. The minimum atomic E-state index is -4.54. The molecule has 112 valence electrons. The molecule has 0 radical (unpaired) electrons. The van der Waals surface area contributed by atoms with Crippen molar-refractivity contribution >= 4 is 15.9 Å². The van der Waals surface area contributed by atoms with Crippen LogP contribution in [-0.4, -0.2) is 12.2 Å². The predicted molar refractivity (Wildman–Crippen MR) is 76.2 cm³/mol. The zero-order valence-electron chi connectivity index (χ0n) is 11.0. The summed E-state index contributed by atoms with van der Waals surface area (Å²) in [6.07, 6.45) is -5.93. The van der Waals surface area contributed by atoms with Gasteiger partial charge in [0.1, 0.15) is 11.9 Å². The molecule has 2 aromatic carbocycles. The fourth-order valence-electron chi connectivity index (χ4n) is 2.00. The van der Waals surface area contributed by atoms with Gasteiger partial charge in [-0.25, -0.2) is 0 Å². The third kappa shape index (κ3) is 3.57. The van der Waals surface area contributed by atoms with Crippen LogP contribution in [0.2, 0.25) is 0 Å². The van der Waals surface area contributed by atoms with Crippen LogP contribution in [0.5, 0.6) is 5.75 Å². The fraction of sp³-hybridized carbons (Fsp3) is 0.200. The number of rotatable bonds is 3. The van der Waals surface area contributed by atoms with E-state index in [1.54, 1.807) is 18.2 Å². The fourth-order valence-corrected chi connectivity index (χ4v) is 2.36. The molecule has 0 aliphatic carbocycles. The first-order chi connectivity index (χ1) is 9.82. The number of aliphatic hydroxyl groups excluding tert-OH is 1. The number of hydrogen-bond donors (Lipinski definition) is 1. The molecule has 2 nitrogen and oxygen atoms in total. The summed E-state index contributed by atoms with van der Waals surface area (Å²) < 4.78 is 44.6. The highest BCUT2D eigenvalue weighted by atomic mass is 79.9. The standard InChI is InChI=1S/C15H12BrF3O2/c1-21-11-4-2-3-9(7-11)14(20)12-6-5-10(16)8-13(12)15(17,18)19/h2-8,14,20H,1H3. The van der Waals surface area contributed by atoms with E-state index in [9.17, 15) is 18.3 Å². The number of ether oxygens (including phenoxy) is 1. The van der Waals surface area contributed by atoms with Crippen LogP contribution >= 0.6 is 15.9 Å². The van der Waals surface area contributed by atoms with E-state index in [0.29, 0.717) is 15.8 Å². The highest BCUT2D eigenvalue weighted by molar-refractivity contribution is 9.10. The maximum atomic E-state index is 13.1. The first-order valence-electron chi connectivity index (χ1n) is 6.01. The SMILES string of the molecule is COc1cccc(C(O)c2ccc(Br)cc2C(F)(F)F)c1. The summed E-state index contributed by atoms with van der Waals surface area (Å²) in [5, 5.41) is 10.3. The average molecular weight is 361 g/mol. The van der Waals surface area contributed by atoms with Crippen molar-refractivity contribution in [2.24, 2.45) is 0 Å². The van der Waals surface area contributed by atoms with Gasteiger partial charge in [0.2, 0.25) is 0 Å². The number of alkyl halides is 3. The third-order valence-corrected chi connectivity index (χ3v) is 3.52. The van der Waals surface area contributed by atoms with Crippen LogP contribution in [-0.2, 0) is 6.18 Å². The Bertz CT molecular complexity index is 641. The summed E-state index contributed by atoms with van der Waals surface area (Å²) in [5.41, 5.74) is -0.728. The molecule has 0 aromatic heterocycles. The van der Waals surface area contributed by atoms with Gasteiger partial charge in [0.05, 0.1) is 12.7 Å². The molecule has 0 amide bonds. The van der Waals surface area contributed by atoms with Crippen molar-refractivity contribution in [2.75, 3.05) is 7.11 Å². The molecule has 0 fully saturated rings. The first kappa shape index (κ1) is 15.9. The summed E-state index contributed by atoms with van der Waals surface area (Å²) in [6, 6.07) is 10.0. The van der Waals surface area contributed by atoms with E-state index < -0.39 is 17.8 Å². The lowest BCUT2D eigenvalue weighted by Crippen LogP contribution is -2.13. The molecule has 21 heavy (non-hydrogen) atoms. The second-order valence-corrected chi connectivity index (χ2v) is 5.32. The molecule has 1 N–H and O–H groups in total. The topological polar surface area (TPSA) is 29.5 Å². The molecule has 0 aliphatic rings. The van der Waals surface area contributed by atoms with Crippen molar-refractivity contribution in [2.45, 2.75) is 12.3 Å². The van der Waals surface area contributed by atoms with Crippen LogP contribution in [0.4, 0.5) is 13.2 Å². The lowest BCUT2D eigenvalue weighted by atomic mass is 9.96. The van der Waals surface area contributed by atoms with Crippen molar-refractivity contribution in [1.82, 2.24) is 0 Å². The largest absolute Gasteiger partial charge is 0.497 e. The lowest BCUT2D eigenvalue weighted by Gasteiger charge is -2.18. The molecule has 6 heteroatoms. The Hall–Kier alpha value is -1.53. The molecule has 0 heterocycles. The van der Waals surface area contributed by atoms with Gasteiger partial charge < -0.3 is 9.84 Å². The summed E-state index contributed by atoms with van der Waals surface area (Å²) in [4.78, 5) is 0. The molecule has 2 rings (SSSR count). The van der Waals surface area contributed by atoms with Gasteiger partial charge >= 0.3 is 6.18 Å². The Labute approximate surface area is 128 Å². The number of aliphatic hydroxyl groups is 1. The van der Waals surface area contributed by atoms with Crippen LogP contribution in [0, 0.1) is 0 Å². The molecular weight excluding hydrogens is 349 g/mol. The highest BCUT2D eigenvalue weighted by Gasteiger charge is 2.35. The Morgan fingerprint density at radius 1 is 1.14 bits per heavy atom.